The molecule has 25 heavy (non-hydrogen) atoms. The minimum atomic E-state index is -0.549. The second-order valence-electron chi connectivity index (χ2n) is 6.10. The number of halogens is 1. The van der Waals surface area contributed by atoms with E-state index in [1.807, 2.05) is 20.8 Å². The summed E-state index contributed by atoms with van der Waals surface area (Å²) in [5.74, 6) is -0.685. The van der Waals surface area contributed by atoms with E-state index in [0.29, 0.717) is 10.6 Å². The quantitative estimate of drug-likeness (QED) is 0.605. The van der Waals surface area contributed by atoms with Crippen LogP contribution in [0.3, 0.4) is 0 Å². The number of benzene rings is 1. The number of aromatic nitrogens is 2. The Labute approximate surface area is 154 Å². The van der Waals surface area contributed by atoms with E-state index in [2.05, 4.69) is 15.5 Å². The molecule has 2 aromatic rings. The highest BCUT2D eigenvalue weighted by molar-refractivity contribution is 7.99. The van der Waals surface area contributed by atoms with Crippen LogP contribution < -0.4 is 5.32 Å². The van der Waals surface area contributed by atoms with Crippen LogP contribution in [0.5, 0.6) is 0 Å². The van der Waals surface area contributed by atoms with Gasteiger partial charge in [0, 0.05) is 5.54 Å². The van der Waals surface area contributed by atoms with E-state index in [-0.39, 0.29) is 34.9 Å². The molecule has 0 aliphatic rings. The summed E-state index contributed by atoms with van der Waals surface area (Å²) in [6.45, 7) is 5.20. The van der Waals surface area contributed by atoms with Crippen LogP contribution in [0.4, 0.5) is 0 Å². The van der Waals surface area contributed by atoms with Crippen LogP contribution in [0.1, 0.15) is 20.8 Å². The molecule has 1 amide bonds. The summed E-state index contributed by atoms with van der Waals surface area (Å²) in [7, 11) is 0. The van der Waals surface area contributed by atoms with E-state index < -0.39 is 5.97 Å². The van der Waals surface area contributed by atoms with Crippen LogP contribution in [0.15, 0.2) is 33.9 Å². The zero-order chi connectivity index (χ0) is 18.4. The number of hydrogen-bond donors (Lipinski definition) is 1. The summed E-state index contributed by atoms with van der Waals surface area (Å²) in [5.41, 5.74) is 0.238. The predicted octanol–water partition coefficient (Wildman–Crippen LogP) is 2.94. The zero-order valence-electron chi connectivity index (χ0n) is 14.0. The Bertz CT molecular complexity index is 758. The topological polar surface area (TPSA) is 94.3 Å². The van der Waals surface area contributed by atoms with E-state index in [0.717, 1.165) is 11.8 Å². The molecule has 0 saturated carbocycles. The van der Waals surface area contributed by atoms with Crippen LogP contribution >= 0.6 is 23.4 Å². The Kier molecular flexibility index (Phi) is 6.44. The molecule has 7 nitrogen and oxygen atoms in total. The van der Waals surface area contributed by atoms with Crippen molar-refractivity contribution in [2.45, 2.75) is 31.5 Å². The normalized spacial score (nSPS) is 11.2. The molecule has 1 heterocycles. The largest absolute Gasteiger partial charge is 0.455 e. The summed E-state index contributed by atoms with van der Waals surface area (Å²) in [5, 5.41) is 11.2. The minimum absolute atomic E-state index is 0.0487. The number of esters is 1. The SMILES string of the molecule is CC(C)(C)NC(=O)COC(=O)CSc1nnc(-c2ccccc2Cl)o1. The van der Waals surface area contributed by atoms with Crippen LogP contribution in [0.25, 0.3) is 11.5 Å². The molecule has 0 aliphatic carbocycles. The number of carbonyl (C=O) groups is 2. The predicted molar refractivity (Wildman–Crippen MR) is 94.3 cm³/mol. The highest BCUT2D eigenvalue weighted by Crippen LogP contribution is 2.28. The smallest absolute Gasteiger partial charge is 0.316 e. The molecule has 0 atom stereocenters. The summed E-state index contributed by atoms with van der Waals surface area (Å²) in [6.07, 6.45) is 0. The van der Waals surface area contributed by atoms with E-state index in [4.69, 9.17) is 20.8 Å². The fraction of sp³-hybridized carbons (Fsp3) is 0.375. The van der Waals surface area contributed by atoms with Gasteiger partial charge in [-0.2, -0.15) is 0 Å². The number of rotatable bonds is 6. The van der Waals surface area contributed by atoms with Crippen molar-refractivity contribution in [1.29, 1.82) is 0 Å². The van der Waals surface area contributed by atoms with E-state index >= 15 is 0 Å². The Morgan fingerprint density at radius 3 is 2.68 bits per heavy atom. The van der Waals surface area contributed by atoms with Gasteiger partial charge in [0.05, 0.1) is 10.6 Å². The molecular weight excluding hydrogens is 366 g/mol. The molecule has 1 aromatic carbocycles. The number of nitrogens with one attached hydrogen (secondary N) is 1. The van der Waals surface area contributed by atoms with Crippen LogP contribution in [-0.2, 0) is 14.3 Å². The third kappa shape index (κ3) is 6.39. The third-order valence-electron chi connectivity index (χ3n) is 2.70. The molecule has 0 spiro atoms. The van der Waals surface area contributed by atoms with Gasteiger partial charge in [-0.25, -0.2) is 0 Å². The molecule has 9 heteroatoms. The average molecular weight is 384 g/mol. The number of amides is 1. The second kappa shape index (κ2) is 8.35. The second-order valence-corrected chi connectivity index (χ2v) is 7.43. The molecule has 2 rings (SSSR count). The van der Waals surface area contributed by atoms with Gasteiger partial charge >= 0.3 is 5.97 Å². The summed E-state index contributed by atoms with van der Waals surface area (Å²) in [4.78, 5) is 23.3. The fourth-order valence-corrected chi connectivity index (χ4v) is 2.55. The van der Waals surface area contributed by atoms with Gasteiger partial charge in [-0.15, -0.1) is 10.2 Å². The molecule has 0 fully saturated rings. The highest BCUT2D eigenvalue weighted by atomic mass is 35.5. The first kappa shape index (κ1) is 19.3. The third-order valence-corrected chi connectivity index (χ3v) is 3.82. The van der Waals surface area contributed by atoms with Gasteiger partial charge in [0.2, 0.25) is 5.89 Å². The van der Waals surface area contributed by atoms with Gasteiger partial charge in [-0.3, -0.25) is 9.59 Å². The monoisotopic (exact) mass is 383 g/mol. The maximum Gasteiger partial charge on any atom is 0.316 e. The number of nitrogens with zero attached hydrogens (tertiary/aromatic N) is 2. The van der Waals surface area contributed by atoms with Crippen molar-refractivity contribution in [3.8, 4) is 11.5 Å². The van der Waals surface area contributed by atoms with Crippen LogP contribution in [0, 0.1) is 0 Å². The first-order valence-electron chi connectivity index (χ1n) is 7.42. The molecule has 0 aliphatic heterocycles. The Hall–Kier alpha value is -2.06. The number of ether oxygens (including phenoxy) is 1. The van der Waals surface area contributed by atoms with Crippen molar-refractivity contribution in [1.82, 2.24) is 15.5 Å². The highest BCUT2D eigenvalue weighted by Gasteiger charge is 2.17. The van der Waals surface area contributed by atoms with Gasteiger partial charge in [-0.1, -0.05) is 35.5 Å². The van der Waals surface area contributed by atoms with Crippen LogP contribution in [0.2, 0.25) is 5.02 Å². The number of hydrogen-bond acceptors (Lipinski definition) is 7. The first-order valence-corrected chi connectivity index (χ1v) is 8.79. The Morgan fingerprint density at radius 2 is 2.00 bits per heavy atom. The standard InChI is InChI=1S/C16H18ClN3O4S/c1-16(2,3)18-12(21)8-23-13(22)9-25-15-20-19-14(24-15)10-6-4-5-7-11(10)17/h4-7H,8-9H2,1-3H3,(H,18,21). The number of thioether (sulfide) groups is 1. The minimum Gasteiger partial charge on any atom is -0.455 e. The molecule has 0 bridgehead atoms. The van der Waals surface area contributed by atoms with Crippen LogP contribution in [-0.4, -0.2) is 40.0 Å². The lowest BCUT2D eigenvalue weighted by atomic mass is 10.1. The zero-order valence-corrected chi connectivity index (χ0v) is 15.6. The molecule has 0 saturated heterocycles. The van der Waals surface area contributed by atoms with Gasteiger partial charge in [0.25, 0.3) is 11.1 Å². The summed E-state index contributed by atoms with van der Waals surface area (Å²) in [6, 6.07) is 7.07. The van der Waals surface area contributed by atoms with Crippen molar-refractivity contribution in [2.24, 2.45) is 0 Å². The van der Waals surface area contributed by atoms with E-state index in [1.54, 1.807) is 24.3 Å². The summed E-state index contributed by atoms with van der Waals surface area (Å²) >= 11 is 7.09. The van der Waals surface area contributed by atoms with Gasteiger partial charge in [0.1, 0.15) is 5.75 Å². The fourth-order valence-electron chi connectivity index (χ4n) is 1.77. The maximum absolute atomic E-state index is 11.7. The van der Waals surface area contributed by atoms with Crippen molar-refractivity contribution in [3.05, 3.63) is 29.3 Å². The average Bonchev–Trinajstić information content (AvgIpc) is 2.98. The molecular formula is C16H18ClN3O4S. The lowest BCUT2D eigenvalue weighted by Gasteiger charge is -2.20. The molecule has 1 aromatic heterocycles. The lowest BCUT2D eigenvalue weighted by molar-refractivity contribution is -0.146. The van der Waals surface area contributed by atoms with E-state index in [9.17, 15) is 9.59 Å². The molecule has 0 radical (unpaired) electrons. The Morgan fingerprint density at radius 1 is 1.28 bits per heavy atom. The molecule has 1 N–H and O–H groups in total. The molecule has 0 unspecified atom stereocenters. The van der Waals surface area contributed by atoms with Crippen molar-refractivity contribution in [2.75, 3.05) is 12.4 Å². The van der Waals surface area contributed by atoms with E-state index in [1.165, 1.54) is 0 Å². The summed E-state index contributed by atoms with van der Waals surface area (Å²) < 4.78 is 10.4. The van der Waals surface area contributed by atoms with Gasteiger partial charge < -0.3 is 14.5 Å². The first-order chi connectivity index (χ1) is 11.7. The molecule has 134 valence electrons. The van der Waals surface area contributed by atoms with Gasteiger partial charge in [0.15, 0.2) is 6.61 Å². The lowest BCUT2D eigenvalue weighted by Crippen LogP contribution is -2.42. The van der Waals surface area contributed by atoms with Gasteiger partial charge in [-0.05, 0) is 32.9 Å². The number of carbonyl (C=O) groups excluding carboxylic acids is 2. The van der Waals surface area contributed by atoms with Crippen molar-refractivity contribution >= 4 is 35.2 Å². The Balaban J connectivity index is 1.81. The maximum atomic E-state index is 11.7. The van der Waals surface area contributed by atoms with Crippen molar-refractivity contribution < 1.29 is 18.7 Å². The van der Waals surface area contributed by atoms with Crippen molar-refractivity contribution in [3.63, 3.8) is 0 Å².